The van der Waals surface area contributed by atoms with E-state index in [1.807, 2.05) is 29.2 Å². The van der Waals surface area contributed by atoms with Crippen molar-refractivity contribution < 1.29 is 9.47 Å². The lowest BCUT2D eigenvalue weighted by Crippen LogP contribution is -2.37. The molecule has 1 aliphatic rings. The Morgan fingerprint density at radius 3 is 2.77 bits per heavy atom. The molecule has 4 nitrogen and oxygen atoms in total. The summed E-state index contributed by atoms with van der Waals surface area (Å²) in [5.41, 5.74) is 3.64. The summed E-state index contributed by atoms with van der Waals surface area (Å²) in [5.74, 6) is 1.01. The van der Waals surface area contributed by atoms with Crippen LogP contribution in [0.15, 0.2) is 61.2 Å². The van der Waals surface area contributed by atoms with Gasteiger partial charge < -0.3 is 14.0 Å². The Morgan fingerprint density at radius 2 is 2.03 bits per heavy atom. The van der Waals surface area contributed by atoms with Crippen molar-refractivity contribution in [1.29, 1.82) is 0 Å². The Hall–Kier alpha value is -1.50. The predicted octanol–water partition coefficient (Wildman–Crippen LogP) is 6.18. The number of aryl methyl sites for hydroxylation is 2. The summed E-state index contributed by atoms with van der Waals surface area (Å²) >= 11 is 14.1. The van der Waals surface area contributed by atoms with E-state index in [0.717, 1.165) is 29.9 Å². The van der Waals surface area contributed by atoms with E-state index in [0.29, 0.717) is 23.2 Å². The number of aromatic nitrogens is 2. The molecule has 1 saturated heterocycles. The highest BCUT2D eigenvalue weighted by Gasteiger charge is 2.41. The van der Waals surface area contributed by atoms with Gasteiger partial charge in [-0.15, -0.1) is 0 Å². The van der Waals surface area contributed by atoms with Crippen molar-refractivity contribution in [2.24, 2.45) is 0 Å². The van der Waals surface area contributed by atoms with E-state index in [4.69, 9.17) is 32.7 Å². The fourth-order valence-electron chi connectivity index (χ4n) is 3.68. The first-order chi connectivity index (χ1) is 15.0. The van der Waals surface area contributed by atoms with Gasteiger partial charge in [-0.1, -0.05) is 59.1 Å². The van der Waals surface area contributed by atoms with Crippen molar-refractivity contribution in [2.75, 3.05) is 12.4 Å². The molecule has 1 fully saturated rings. The van der Waals surface area contributed by atoms with Crippen molar-refractivity contribution in [3.63, 3.8) is 0 Å². The smallest absolute Gasteiger partial charge is 0.187 e. The second kappa shape index (κ2) is 10.4. The lowest BCUT2D eigenvalue weighted by Gasteiger charge is -2.28. The topological polar surface area (TPSA) is 36.3 Å². The molecule has 2 atom stereocenters. The van der Waals surface area contributed by atoms with Crippen molar-refractivity contribution >= 4 is 35.0 Å². The molecule has 4 rings (SSSR count). The maximum atomic E-state index is 6.51. The number of ether oxygens (including phenoxy) is 2. The molecule has 164 valence electrons. The zero-order valence-corrected chi connectivity index (χ0v) is 19.8. The molecule has 2 unspecified atom stereocenters. The Bertz CT molecular complexity index is 982. The van der Waals surface area contributed by atoms with Crippen LogP contribution in [-0.2, 0) is 28.2 Å². The maximum absolute atomic E-state index is 6.51. The van der Waals surface area contributed by atoms with Crippen molar-refractivity contribution in [1.82, 2.24) is 9.55 Å². The van der Waals surface area contributed by atoms with Gasteiger partial charge in [0.2, 0.25) is 0 Å². The molecular formula is C24H26Cl2N2O2S. The van der Waals surface area contributed by atoms with Gasteiger partial charge in [-0.25, -0.2) is 4.98 Å². The molecule has 2 heterocycles. The van der Waals surface area contributed by atoms with Gasteiger partial charge in [0.1, 0.15) is 0 Å². The van der Waals surface area contributed by atoms with E-state index in [9.17, 15) is 0 Å². The third-order valence-electron chi connectivity index (χ3n) is 5.39. The highest BCUT2D eigenvalue weighted by Crippen LogP contribution is 2.33. The molecule has 31 heavy (non-hydrogen) atoms. The van der Waals surface area contributed by atoms with Crippen LogP contribution in [0.5, 0.6) is 0 Å². The Balaban J connectivity index is 1.36. The Morgan fingerprint density at radius 1 is 1.19 bits per heavy atom. The number of halogens is 2. The van der Waals surface area contributed by atoms with Crippen molar-refractivity contribution in [3.8, 4) is 0 Å². The van der Waals surface area contributed by atoms with Crippen LogP contribution >= 0.6 is 35.0 Å². The summed E-state index contributed by atoms with van der Waals surface area (Å²) in [7, 11) is 0. The fraction of sp³-hybridized carbons (Fsp3) is 0.375. The third kappa shape index (κ3) is 6.27. The minimum atomic E-state index is -0.644. The standard InChI is InChI=1S/C24H26Cl2N2O2S/c1-18-2-4-19(5-3-18)8-9-24(16-28-11-10-27-17-28)29-13-22(30-24)15-31-14-20-6-7-21(25)12-23(20)26/h2-7,10-12,17,22H,8-9,13-16H2,1H3. The third-order valence-corrected chi connectivity index (χ3v) is 7.10. The first-order valence-electron chi connectivity index (χ1n) is 10.4. The van der Waals surface area contributed by atoms with E-state index in [-0.39, 0.29) is 6.10 Å². The molecule has 7 heteroatoms. The molecule has 3 aromatic rings. The number of imidazole rings is 1. The van der Waals surface area contributed by atoms with Crippen LogP contribution in [0.1, 0.15) is 23.1 Å². The van der Waals surface area contributed by atoms with Crippen LogP contribution in [0.25, 0.3) is 0 Å². The summed E-state index contributed by atoms with van der Waals surface area (Å²) in [6, 6.07) is 14.3. The van der Waals surface area contributed by atoms with E-state index in [2.05, 4.69) is 36.2 Å². The highest BCUT2D eigenvalue weighted by atomic mass is 35.5. The number of hydrogen-bond donors (Lipinski definition) is 0. The quantitative estimate of drug-likeness (QED) is 0.369. The van der Waals surface area contributed by atoms with Gasteiger partial charge in [-0.2, -0.15) is 11.8 Å². The van der Waals surface area contributed by atoms with Gasteiger partial charge in [0.15, 0.2) is 5.79 Å². The molecular weight excluding hydrogens is 451 g/mol. The van der Waals surface area contributed by atoms with Gasteiger partial charge in [-0.3, -0.25) is 0 Å². The van der Waals surface area contributed by atoms with Crippen LogP contribution in [0.2, 0.25) is 10.0 Å². The van der Waals surface area contributed by atoms with E-state index < -0.39 is 5.79 Å². The first-order valence-corrected chi connectivity index (χ1v) is 12.3. The summed E-state index contributed by atoms with van der Waals surface area (Å²) in [6.07, 6.45) is 7.27. The molecule has 0 saturated carbocycles. The SMILES string of the molecule is Cc1ccc(CCC2(Cn3ccnc3)OCC(CSCc3ccc(Cl)cc3Cl)O2)cc1. The summed E-state index contributed by atoms with van der Waals surface area (Å²) in [4.78, 5) is 4.17. The number of nitrogens with zero attached hydrogens (tertiary/aromatic N) is 2. The van der Waals surface area contributed by atoms with E-state index in [1.165, 1.54) is 11.1 Å². The molecule has 1 aliphatic heterocycles. The molecule has 0 bridgehead atoms. The molecule has 2 aromatic carbocycles. The Kier molecular flexibility index (Phi) is 7.62. The van der Waals surface area contributed by atoms with Crippen LogP contribution in [-0.4, -0.2) is 33.8 Å². The monoisotopic (exact) mass is 476 g/mol. The minimum Gasteiger partial charge on any atom is -0.345 e. The molecule has 0 aliphatic carbocycles. The summed E-state index contributed by atoms with van der Waals surface area (Å²) in [6.45, 7) is 3.32. The highest BCUT2D eigenvalue weighted by molar-refractivity contribution is 7.98. The lowest BCUT2D eigenvalue weighted by atomic mass is 10.0. The van der Waals surface area contributed by atoms with Crippen molar-refractivity contribution in [3.05, 3.63) is 87.9 Å². The molecule has 0 N–H and O–H groups in total. The van der Waals surface area contributed by atoms with Crippen LogP contribution < -0.4 is 0 Å². The molecule has 0 amide bonds. The number of hydrogen-bond acceptors (Lipinski definition) is 4. The average molecular weight is 477 g/mol. The summed E-state index contributed by atoms with van der Waals surface area (Å²) < 4.78 is 14.8. The van der Waals surface area contributed by atoms with Gasteiger partial charge in [0.25, 0.3) is 0 Å². The van der Waals surface area contributed by atoms with Crippen LogP contribution in [0.3, 0.4) is 0 Å². The maximum Gasteiger partial charge on any atom is 0.187 e. The molecule has 0 spiro atoms. The zero-order chi connectivity index (χ0) is 21.7. The van der Waals surface area contributed by atoms with Gasteiger partial charge >= 0.3 is 0 Å². The molecule has 0 radical (unpaired) electrons. The second-order valence-electron chi connectivity index (χ2n) is 7.93. The van der Waals surface area contributed by atoms with Crippen molar-refractivity contribution in [2.45, 2.75) is 44.0 Å². The number of rotatable bonds is 9. The normalized spacial score (nSPS) is 20.9. The zero-order valence-electron chi connectivity index (χ0n) is 17.5. The first kappa shape index (κ1) is 22.7. The number of benzene rings is 2. The average Bonchev–Trinajstić information content (AvgIpc) is 3.40. The second-order valence-corrected chi connectivity index (χ2v) is 9.81. The van der Waals surface area contributed by atoms with Gasteiger partial charge in [-0.05, 0) is 36.6 Å². The van der Waals surface area contributed by atoms with E-state index >= 15 is 0 Å². The van der Waals surface area contributed by atoms with Gasteiger partial charge in [0.05, 0.1) is 25.6 Å². The lowest BCUT2D eigenvalue weighted by molar-refractivity contribution is -0.180. The minimum absolute atomic E-state index is 0.0395. The summed E-state index contributed by atoms with van der Waals surface area (Å²) in [5, 5.41) is 1.36. The molecule has 1 aromatic heterocycles. The Labute approximate surface area is 197 Å². The fourth-order valence-corrected chi connectivity index (χ4v) is 5.25. The largest absolute Gasteiger partial charge is 0.345 e. The number of thioether (sulfide) groups is 1. The van der Waals surface area contributed by atoms with E-state index in [1.54, 1.807) is 24.0 Å². The van der Waals surface area contributed by atoms with Crippen LogP contribution in [0.4, 0.5) is 0 Å². The van der Waals surface area contributed by atoms with Crippen LogP contribution in [0, 0.1) is 6.92 Å². The predicted molar refractivity (Wildman–Crippen MR) is 128 cm³/mol. The van der Waals surface area contributed by atoms with Gasteiger partial charge in [0, 0.05) is 40.4 Å².